The van der Waals surface area contributed by atoms with Crippen molar-refractivity contribution in [3.8, 4) is 11.5 Å². The Labute approximate surface area is 110 Å². The van der Waals surface area contributed by atoms with Crippen LogP contribution in [-0.2, 0) is 0 Å². The Morgan fingerprint density at radius 1 is 1.22 bits per heavy atom. The highest BCUT2D eigenvalue weighted by Crippen LogP contribution is 2.19. The number of methoxy groups -OCH3 is 1. The number of ether oxygens (including phenoxy) is 2. The molecule has 0 aliphatic heterocycles. The molecule has 1 atom stereocenters. The van der Waals surface area contributed by atoms with Crippen molar-refractivity contribution in [2.24, 2.45) is 0 Å². The second kappa shape index (κ2) is 8.81. The highest BCUT2D eigenvalue weighted by atomic mass is 16.5. The van der Waals surface area contributed by atoms with Gasteiger partial charge in [-0.1, -0.05) is 13.0 Å². The molecule has 3 heteroatoms. The first-order valence-corrected chi connectivity index (χ1v) is 6.76. The number of nitrogens with one attached hydrogen (secondary N) is 1. The van der Waals surface area contributed by atoms with Gasteiger partial charge in [0.05, 0.1) is 13.7 Å². The van der Waals surface area contributed by atoms with Gasteiger partial charge < -0.3 is 14.8 Å². The SMILES string of the molecule is CCNC(C)CCCCOc1cccc(OC)c1. The van der Waals surface area contributed by atoms with Gasteiger partial charge in [0.15, 0.2) is 0 Å². The number of rotatable bonds is 9. The summed E-state index contributed by atoms with van der Waals surface area (Å²) in [7, 11) is 1.67. The molecule has 18 heavy (non-hydrogen) atoms. The maximum absolute atomic E-state index is 5.69. The van der Waals surface area contributed by atoms with E-state index in [2.05, 4.69) is 19.2 Å². The first-order chi connectivity index (χ1) is 8.76. The normalized spacial score (nSPS) is 12.2. The molecule has 1 unspecified atom stereocenters. The molecule has 102 valence electrons. The van der Waals surface area contributed by atoms with Gasteiger partial charge in [0.2, 0.25) is 0 Å². The van der Waals surface area contributed by atoms with Gasteiger partial charge in [-0.05, 0) is 44.9 Å². The average Bonchev–Trinajstić information content (AvgIpc) is 2.39. The fraction of sp³-hybridized carbons (Fsp3) is 0.600. The summed E-state index contributed by atoms with van der Waals surface area (Å²) in [5.41, 5.74) is 0. The molecule has 0 spiro atoms. The van der Waals surface area contributed by atoms with Crippen molar-refractivity contribution in [1.29, 1.82) is 0 Å². The maximum Gasteiger partial charge on any atom is 0.122 e. The van der Waals surface area contributed by atoms with Crippen molar-refractivity contribution in [3.63, 3.8) is 0 Å². The minimum Gasteiger partial charge on any atom is -0.497 e. The molecule has 0 saturated heterocycles. The van der Waals surface area contributed by atoms with Gasteiger partial charge in [-0.3, -0.25) is 0 Å². The van der Waals surface area contributed by atoms with Crippen molar-refractivity contribution in [3.05, 3.63) is 24.3 Å². The summed E-state index contributed by atoms with van der Waals surface area (Å²) in [4.78, 5) is 0. The van der Waals surface area contributed by atoms with Gasteiger partial charge >= 0.3 is 0 Å². The molecular weight excluding hydrogens is 226 g/mol. The fourth-order valence-electron chi connectivity index (χ4n) is 1.88. The Bertz CT molecular complexity index is 328. The van der Waals surface area contributed by atoms with E-state index in [-0.39, 0.29) is 0 Å². The molecular formula is C15H25NO2. The van der Waals surface area contributed by atoms with Crippen LogP contribution in [0.4, 0.5) is 0 Å². The highest BCUT2D eigenvalue weighted by molar-refractivity contribution is 5.32. The molecule has 0 radical (unpaired) electrons. The number of benzene rings is 1. The van der Waals surface area contributed by atoms with E-state index < -0.39 is 0 Å². The number of hydrogen-bond donors (Lipinski definition) is 1. The summed E-state index contributed by atoms with van der Waals surface area (Å²) in [6.07, 6.45) is 3.49. The number of hydrogen-bond acceptors (Lipinski definition) is 3. The lowest BCUT2D eigenvalue weighted by Gasteiger charge is -2.12. The molecule has 0 saturated carbocycles. The van der Waals surface area contributed by atoms with Crippen LogP contribution >= 0.6 is 0 Å². The second-order valence-corrected chi connectivity index (χ2v) is 4.48. The molecule has 0 aromatic heterocycles. The predicted octanol–water partition coefficient (Wildman–Crippen LogP) is 3.24. The maximum atomic E-state index is 5.69. The van der Waals surface area contributed by atoms with E-state index in [1.54, 1.807) is 7.11 Å². The third-order valence-electron chi connectivity index (χ3n) is 2.89. The first-order valence-electron chi connectivity index (χ1n) is 6.76. The minimum atomic E-state index is 0.604. The van der Waals surface area contributed by atoms with Gasteiger partial charge in [0.25, 0.3) is 0 Å². The zero-order chi connectivity index (χ0) is 13.2. The summed E-state index contributed by atoms with van der Waals surface area (Å²) in [5, 5.41) is 3.41. The van der Waals surface area contributed by atoms with Crippen LogP contribution < -0.4 is 14.8 Å². The summed E-state index contributed by atoms with van der Waals surface area (Å²) in [5.74, 6) is 1.72. The van der Waals surface area contributed by atoms with Crippen LogP contribution in [0.15, 0.2) is 24.3 Å². The van der Waals surface area contributed by atoms with Crippen LogP contribution in [0, 0.1) is 0 Å². The Balaban J connectivity index is 2.13. The largest absolute Gasteiger partial charge is 0.497 e. The zero-order valence-corrected chi connectivity index (χ0v) is 11.7. The van der Waals surface area contributed by atoms with Crippen molar-refractivity contribution in [2.75, 3.05) is 20.3 Å². The smallest absolute Gasteiger partial charge is 0.122 e. The lowest BCUT2D eigenvalue weighted by atomic mass is 10.1. The quantitative estimate of drug-likeness (QED) is 0.683. The third-order valence-corrected chi connectivity index (χ3v) is 2.89. The van der Waals surface area contributed by atoms with Crippen LogP contribution in [0.3, 0.4) is 0 Å². The van der Waals surface area contributed by atoms with Crippen LogP contribution in [0.5, 0.6) is 11.5 Å². The molecule has 1 aromatic rings. The monoisotopic (exact) mass is 251 g/mol. The molecule has 1 N–H and O–H groups in total. The van der Waals surface area contributed by atoms with Gasteiger partial charge in [-0.15, -0.1) is 0 Å². The topological polar surface area (TPSA) is 30.5 Å². The lowest BCUT2D eigenvalue weighted by Crippen LogP contribution is -2.25. The van der Waals surface area contributed by atoms with Crippen molar-refractivity contribution in [1.82, 2.24) is 5.32 Å². The molecule has 0 amide bonds. The molecule has 3 nitrogen and oxygen atoms in total. The lowest BCUT2D eigenvalue weighted by molar-refractivity contribution is 0.299. The Kier molecular flexibility index (Phi) is 7.26. The summed E-state index contributed by atoms with van der Waals surface area (Å²) in [6.45, 7) is 6.18. The third kappa shape index (κ3) is 5.92. The van der Waals surface area contributed by atoms with E-state index in [1.807, 2.05) is 24.3 Å². The van der Waals surface area contributed by atoms with E-state index in [9.17, 15) is 0 Å². The van der Waals surface area contributed by atoms with E-state index in [0.717, 1.165) is 31.1 Å². The van der Waals surface area contributed by atoms with Crippen LogP contribution in [-0.4, -0.2) is 26.3 Å². The van der Waals surface area contributed by atoms with Crippen molar-refractivity contribution < 1.29 is 9.47 Å². The average molecular weight is 251 g/mol. The molecule has 0 fully saturated rings. The van der Waals surface area contributed by atoms with Crippen LogP contribution in [0.1, 0.15) is 33.1 Å². The minimum absolute atomic E-state index is 0.604. The van der Waals surface area contributed by atoms with E-state index in [0.29, 0.717) is 6.04 Å². The molecule has 1 rings (SSSR count). The first kappa shape index (κ1) is 14.8. The van der Waals surface area contributed by atoms with Crippen LogP contribution in [0.25, 0.3) is 0 Å². The van der Waals surface area contributed by atoms with Gasteiger partial charge in [0, 0.05) is 12.1 Å². The molecule has 0 heterocycles. The van der Waals surface area contributed by atoms with Gasteiger partial charge in [-0.25, -0.2) is 0 Å². The summed E-state index contributed by atoms with van der Waals surface area (Å²) >= 11 is 0. The van der Waals surface area contributed by atoms with Crippen molar-refractivity contribution in [2.45, 2.75) is 39.2 Å². The Morgan fingerprint density at radius 2 is 2.00 bits per heavy atom. The predicted molar refractivity (Wildman–Crippen MR) is 75.5 cm³/mol. The summed E-state index contributed by atoms with van der Waals surface area (Å²) in [6, 6.07) is 8.35. The zero-order valence-electron chi connectivity index (χ0n) is 11.7. The van der Waals surface area contributed by atoms with Crippen LogP contribution in [0.2, 0.25) is 0 Å². The van der Waals surface area contributed by atoms with E-state index in [1.165, 1.54) is 12.8 Å². The highest BCUT2D eigenvalue weighted by Gasteiger charge is 2.00. The fourth-order valence-corrected chi connectivity index (χ4v) is 1.88. The van der Waals surface area contributed by atoms with Gasteiger partial charge in [-0.2, -0.15) is 0 Å². The molecule has 0 bridgehead atoms. The van der Waals surface area contributed by atoms with E-state index >= 15 is 0 Å². The second-order valence-electron chi connectivity index (χ2n) is 4.48. The Morgan fingerprint density at radius 3 is 2.72 bits per heavy atom. The van der Waals surface area contributed by atoms with E-state index in [4.69, 9.17) is 9.47 Å². The summed E-state index contributed by atoms with van der Waals surface area (Å²) < 4.78 is 10.8. The van der Waals surface area contributed by atoms with Crippen molar-refractivity contribution >= 4 is 0 Å². The standard InChI is InChI=1S/C15H25NO2/c1-4-16-13(2)8-5-6-11-18-15-10-7-9-14(12-15)17-3/h7,9-10,12-13,16H,4-6,8,11H2,1-3H3. The molecule has 1 aromatic carbocycles. The Hall–Kier alpha value is -1.22. The van der Waals surface area contributed by atoms with Gasteiger partial charge in [0.1, 0.15) is 11.5 Å². The molecule has 0 aliphatic carbocycles. The molecule has 0 aliphatic rings. The number of unbranched alkanes of at least 4 members (excludes halogenated alkanes) is 1.